The van der Waals surface area contributed by atoms with Gasteiger partial charge >= 0.3 is 0 Å². The summed E-state index contributed by atoms with van der Waals surface area (Å²) in [6.45, 7) is 0. The third-order valence-electron chi connectivity index (χ3n) is 3.77. The molecule has 0 heterocycles. The summed E-state index contributed by atoms with van der Waals surface area (Å²) in [5.41, 5.74) is 0. The smallest absolute Gasteiger partial charge is 0.118 e. The molecule has 0 aromatic rings. The van der Waals surface area contributed by atoms with Gasteiger partial charge in [0.1, 0.15) is 12.0 Å². The zero-order valence-electron chi connectivity index (χ0n) is 11.0. The summed E-state index contributed by atoms with van der Waals surface area (Å²) in [7, 11) is 0. The van der Waals surface area contributed by atoms with Crippen LogP contribution in [0.3, 0.4) is 0 Å². The molecule has 98 valence electrons. The Kier molecular flexibility index (Phi) is 5.84. The first-order valence-electron chi connectivity index (χ1n) is 7.24. The normalized spacial score (nSPS) is 21.6. The molecule has 2 saturated carbocycles. The van der Waals surface area contributed by atoms with Crippen LogP contribution >= 0.6 is 0 Å². The van der Waals surface area contributed by atoms with Crippen molar-refractivity contribution in [2.45, 2.75) is 76.3 Å². The third kappa shape index (κ3) is 4.95. The van der Waals surface area contributed by atoms with Crippen molar-refractivity contribution in [2.75, 3.05) is 0 Å². The molecule has 0 bridgehead atoms. The van der Waals surface area contributed by atoms with Gasteiger partial charge in [0.25, 0.3) is 0 Å². The molecule has 0 spiro atoms. The van der Waals surface area contributed by atoms with Gasteiger partial charge in [0.2, 0.25) is 0 Å². The molecule has 0 N–H and O–H groups in total. The minimum atomic E-state index is 0.410. The van der Waals surface area contributed by atoms with Gasteiger partial charge < -0.3 is 0 Å². The maximum absolute atomic E-state index is 4.28. The zero-order chi connectivity index (χ0) is 12.5. The molecule has 4 heteroatoms. The van der Waals surface area contributed by atoms with E-state index in [0.29, 0.717) is 12.1 Å². The second-order valence-corrected chi connectivity index (χ2v) is 5.24. The number of aliphatic imine (C=N–C) groups is 2. The molecule has 0 aliphatic heterocycles. The lowest BCUT2D eigenvalue weighted by Crippen LogP contribution is -2.08. The van der Waals surface area contributed by atoms with Crippen LogP contribution in [0.25, 0.3) is 0 Å². The van der Waals surface area contributed by atoms with Gasteiger partial charge in [0.05, 0.1) is 12.1 Å². The van der Waals surface area contributed by atoms with Crippen LogP contribution in [-0.4, -0.2) is 24.1 Å². The highest BCUT2D eigenvalue weighted by Gasteiger charge is 2.11. The second kappa shape index (κ2) is 7.97. The summed E-state index contributed by atoms with van der Waals surface area (Å²) < 4.78 is 0. The van der Waals surface area contributed by atoms with Crippen molar-refractivity contribution in [1.29, 1.82) is 0 Å². The summed E-state index contributed by atoms with van der Waals surface area (Å²) in [5.74, 6) is 0. The topological polar surface area (TPSA) is 49.4 Å². The summed E-state index contributed by atoms with van der Waals surface area (Å²) in [6.07, 6.45) is 12.5. The molecule has 0 unspecified atom stereocenters. The highest BCUT2D eigenvalue weighted by molar-refractivity contribution is 5.46. The first kappa shape index (κ1) is 13.2. The lowest BCUT2D eigenvalue weighted by Gasteiger charge is -2.15. The van der Waals surface area contributed by atoms with E-state index in [1.165, 1.54) is 64.2 Å². The van der Waals surface area contributed by atoms with Crippen molar-refractivity contribution in [3.63, 3.8) is 0 Å². The molecule has 2 rings (SSSR count). The fourth-order valence-corrected chi connectivity index (χ4v) is 2.68. The molecule has 2 fully saturated rings. The van der Waals surface area contributed by atoms with Crippen LogP contribution in [0.4, 0.5) is 0 Å². The van der Waals surface area contributed by atoms with Gasteiger partial charge in [-0.1, -0.05) is 48.7 Å². The monoisotopic (exact) mass is 246 g/mol. The lowest BCUT2D eigenvalue weighted by molar-refractivity contribution is 0.444. The Labute approximate surface area is 109 Å². The molecule has 2 aliphatic rings. The Balaban J connectivity index is 1.74. The summed E-state index contributed by atoms with van der Waals surface area (Å²) >= 11 is 0. The Bertz CT molecular complexity index is 314. The van der Waals surface area contributed by atoms with Crippen molar-refractivity contribution in [2.24, 2.45) is 20.2 Å². The molecule has 0 atom stereocenters. The third-order valence-corrected chi connectivity index (χ3v) is 3.77. The fourth-order valence-electron chi connectivity index (χ4n) is 2.68. The first-order valence-corrected chi connectivity index (χ1v) is 7.24. The minimum Gasteiger partial charge on any atom is -0.221 e. The van der Waals surface area contributed by atoms with Gasteiger partial charge in [-0.05, 0) is 25.7 Å². The van der Waals surface area contributed by atoms with E-state index in [1.807, 2.05) is 0 Å². The van der Waals surface area contributed by atoms with Crippen molar-refractivity contribution in [3.05, 3.63) is 0 Å². The number of rotatable bonds is 3. The lowest BCUT2D eigenvalue weighted by atomic mass is 9.96. The van der Waals surface area contributed by atoms with E-state index in [0.717, 1.165) is 0 Å². The molecule has 0 radical (unpaired) electrons. The highest BCUT2D eigenvalue weighted by Crippen LogP contribution is 2.20. The molecule has 18 heavy (non-hydrogen) atoms. The van der Waals surface area contributed by atoms with E-state index in [2.05, 4.69) is 32.2 Å². The molecular formula is C14H22N4. The van der Waals surface area contributed by atoms with Crippen molar-refractivity contribution in [1.82, 2.24) is 0 Å². The maximum atomic E-state index is 4.28. The molecule has 0 amide bonds. The Morgan fingerprint density at radius 3 is 1.33 bits per heavy atom. The van der Waals surface area contributed by atoms with Crippen LogP contribution < -0.4 is 0 Å². The quantitative estimate of drug-likeness (QED) is 0.535. The molecule has 0 aromatic carbocycles. The van der Waals surface area contributed by atoms with Crippen molar-refractivity contribution < 1.29 is 0 Å². The van der Waals surface area contributed by atoms with E-state index in [1.54, 1.807) is 0 Å². The van der Waals surface area contributed by atoms with Gasteiger partial charge in [-0.25, -0.2) is 9.98 Å². The average molecular weight is 246 g/mol. The van der Waals surface area contributed by atoms with Crippen molar-refractivity contribution >= 4 is 12.0 Å². The average Bonchev–Trinajstić information content (AvgIpc) is 2.45. The summed E-state index contributed by atoms with van der Waals surface area (Å²) in [5, 5.41) is 7.51. The fraction of sp³-hybridized carbons (Fsp3) is 0.857. The molecule has 0 aromatic heterocycles. The van der Waals surface area contributed by atoms with Gasteiger partial charge in [-0.3, -0.25) is 0 Å². The Morgan fingerprint density at radius 1 is 0.556 bits per heavy atom. The second-order valence-electron chi connectivity index (χ2n) is 5.24. The summed E-state index contributed by atoms with van der Waals surface area (Å²) in [4.78, 5) is 8.55. The van der Waals surface area contributed by atoms with Crippen LogP contribution in [0.5, 0.6) is 0 Å². The van der Waals surface area contributed by atoms with Gasteiger partial charge in [-0.15, -0.1) is 0 Å². The predicted octanol–water partition coefficient (Wildman–Crippen LogP) is 3.91. The van der Waals surface area contributed by atoms with E-state index < -0.39 is 0 Å². The van der Waals surface area contributed by atoms with E-state index in [-0.39, 0.29) is 0 Å². The van der Waals surface area contributed by atoms with Gasteiger partial charge in [0.15, 0.2) is 0 Å². The number of hydrogen-bond acceptors (Lipinski definition) is 4. The predicted molar refractivity (Wildman–Crippen MR) is 73.5 cm³/mol. The molecular weight excluding hydrogens is 224 g/mol. The minimum absolute atomic E-state index is 0.410. The van der Waals surface area contributed by atoms with Gasteiger partial charge in [0, 0.05) is 0 Å². The Morgan fingerprint density at radius 2 is 0.944 bits per heavy atom. The van der Waals surface area contributed by atoms with Crippen LogP contribution in [0.1, 0.15) is 64.2 Å². The number of nitrogens with zero attached hydrogens (tertiary/aromatic N) is 4. The van der Waals surface area contributed by atoms with Gasteiger partial charge in [-0.2, -0.15) is 0 Å². The Hall–Kier alpha value is -1.24. The molecule has 2 aliphatic carbocycles. The largest absolute Gasteiger partial charge is 0.221 e. The van der Waals surface area contributed by atoms with Crippen LogP contribution in [-0.2, 0) is 0 Å². The van der Waals surface area contributed by atoms with E-state index >= 15 is 0 Å². The van der Waals surface area contributed by atoms with E-state index in [9.17, 15) is 0 Å². The maximum Gasteiger partial charge on any atom is 0.118 e. The zero-order valence-corrected chi connectivity index (χ0v) is 11.0. The molecule has 0 saturated heterocycles. The van der Waals surface area contributed by atoms with Crippen LogP contribution in [0.2, 0.25) is 0 Å². The summed E-state index contributed by atoms with van der Waals surface area (Å²) in [6, 6.07) is 6.13. The first-order chi connectivity index (χ1) is 8.95. The van der Waals surface area contributed by atoms with E-state index in [4.69, 9.17) is 0 Å². The van der Waals surface area contributed by atoms with Crippen LogP contribution in [0, 0.1) is 0 Å². The van der Waals surface area contributed by atoms with Crippen LogP contribution in [0.15, 0.2) is 20.2 Å². The van der Waals surface area contributed by atoms with Crippen molar-refractivity contribution in [3.8, 4) is 0 Å². The standard InChI is InChI=1S/C14H22N4/c1-3-7-13(8-4-1)15-11-17-18-12-16-14-9-5-2-6-10-14/h13-14H,1-10H2. The SMILES string of the molecule is C(=NN=C=NC1CCCCC1)=NC1CCCCC1. The highest BCUT2D eigenvalue weighted by atomic mass is 15.2. The molecule has 4 nitrogen and oxygen atoms in total. The number of hydrogen-bond donors (Lipinski definition) is 0.